The van der Waals surface area contributed by atoms with Gasteiger partial charge in [0.05, 0.1) is 11.8 Å². The van der Waals surface area contributed by atoms with Gasteiger partial charge in [0.1, 0.15) is 22.4 Å². The molecule has 0 spiro atoms. The molecule has 170 valence electrons. The summed E-state index contributed by atoms with van der Waals surface area (Å²) in [5, 5.41) is 15.5. The van der Waals surface area contributed by atoms with Crippen molar-refractivity contribution in [1.82, 2.24) is 10.2 Å². The first kappa shape index (κ1) is 24.9. The number of aryl methyl sites for hydroxylation is 2. The second-order valence-electron chi connectivity index (χ2n) is 6.57. The van der Waals surface area contributed by atoms with Gasteiger partial charge in [-0.3, -0.25) is 0 Å². The van der Waals surface area contributed by atoms with E-state index >= 15 is 0 Å². The van der Waals surface area contributed by atoms with Gasteiger partial charge in [0, 0.05) is 0 Å². The number of hydrogen-bond acceptors (Lipinski definition) is 8. The Morgan fingerprint density at radius 1 is 1.29 bits per heavy atom. The molecule has 0 aliphatic heterocycles. The first-order valence-corrected chi connectivity index (χ1v) is 11.5. The molecule has 0 bridgehead atoms. The molecule has 0 aliphatic carbocycles. The third-order valence-corrected chi connectivity index (χ3v) is 5.89. The Bertz CT molecular complexity index is 979. The van der Waals surface area contributed by atoms with Crippen LogP contribution in [-0.4, -0.2) is 38.4 Å². The molecule has 1 aromatic heterocycles. The van der Waals surface area contributed by atoms with Gasteiger partial charge in [0.2, 0.25) is 5.01 Å². The van der Waals surface area contributed by atoms with Gasteiger partial charge in [-0.25, -0.2) is 9.00 Å². The molecule has 1 heterocycles. The van der Waals surface area contributed by atoms with Crippen molar-refractivity contribution in [2.45, 2.75) is 52.8 Å². The zero-order valence-corrected chi connectivity index (χ0v) is 19.0. The second kappa shape index (κ2) is 10.8. The molecule has 8 nitrogen and oxygen atoms in total. The number of ether oxygens (including phenoxy) is 1. The van der Waals surface area contributed by atoms with Crippen molar-refractivity contribution < 1.29 is 26.9 Å². The minimum atomic E-state index is -4.58. The molecule has 0 radical (unpaired) electrons. The number of alkyl halides is 3. The molecule has 0 fully saturated rings. The summed E-state index contributed by atoms with van der Waals surface area (Å²) in [6.45, 7) is 7.33. The number of aromatic nitrogens is 2. The Morgan fingerprint density at radius 3 is 2.61 bits per heavy atom. The largest absolute Gasteiger partial charge is 0.457 e. The molecular weight excluding hydrogens is 455 g/mol. The van der Waals surface area contributed by atoms with Crippen LogP contribution in [0.1, 0.15) is 48.1 Å². The average molecular weight is 478 g/mol. The van der Waals surface area contributed by atoms with Gasteiger partial charge < -0.3 is 9.46 Å². The van der Waals surface area contributed by atoms with Crippen LogP contribution in [0.25, 0.3) is 0 Å². The summed E-state index contributed by atoms with van der Waals surface area (Å²) in [5.74, 6) is -2.13. The number of nitrogens with one attached hydrogen (secondary N) is 1. The number of carbonyl (C=O) groups excluding carboxylic acids is 1. The van der Waals surface area contributed by atoms with E-state index in [0.29, 0.717) is 12.8 Å². The van der Waals surface area contributed by atoms with Crippen LogP contribution in [-0.2, 0) is 22.1 Å². The Morgan fingerprint density at radius 2 is 2.00 bits per heavy atom. The smallest absolute Gasteiger partial charge is 0.402 e. The number of hydrogen-bond donors (Lipinski definition) is 1. The fourth-order valence-electron chi connectivity index (χ4n) is 2.34. The molecule has 0 saturated carbocycles. The van der Waals surface area contributed by atoms with Crippen molar-refractivity contribution in [2.75, 3.05) is 10.5 Å². The van der Waals surface area contributed by atoms with Gasteiger partial charge in [-0.1, -0.05) is 25.2 Å². The van der Waals surface area contributed by atoms with E-state index in [4.69, 9.17) is 4.74 Å². The molecular formula is C18H22F3N5O3S2. The standard InChI is InChI=1S/C18H22F3N5O3S2/c1-5-11(4)29-16(27)15-23-25-17(30-15)24-22-13-8-12(6-2)10(3)7-14(13)26-31(28)9-18(19,20)21/h7-8,11,26H,5-6,9H2,1-4H3. The normalized spacial score (nSPS) is 13.9. The van der Waals surface area contributed by atoms with E-state index in [2.05, 4.69) is 25.1 Å². The topological polar surface area (TPSA) is 106 Å². The summed E-state index contributed by atoms with van der Waals surface area (Å²) < 4.78 is 56.9. The predicted octanol–water partition coefficient (Wildman–Crippen LogP) is 5.42. The minimum Gasteiger partial charge on any atom is -0.457 e. The molecule has 2 rings (SSSR count). The Kier molecular flexibility index (Phi) is 8.62. The predicted molar refractivity (Wildman–Crippen MR) is 112 cm³/mol. The molecule has 2 atom stereocenters. The van der Waals surface area contributed by atoms with E-state index in [-0.39, 0.29) is 27.6 Å². The highest BCUT2D eigenvalue weighted by Crippen LogP contribution is 2.32. The SMILES string of the molecule is CCc1cc(N=Nc2nnc(C(=O)OC(C)CC)s2)c(NS(=O)CC(F)(F)F)cc1C. The molecule has 0 saturated heterocycles. The van der Waals surface area contributed by atoms with Crippen LogP contribution in [0, 0.1) is 6.92 Å². The maximum atomic E-state index is 12.5. The molecule has 1 N–H and O–H groups in total. The van der Waals surface area contributed by atoms with Crippen LogP contribution in [0.3, 0.4) is 0 Å². The third-order valence-electron chi connectivity index (χ3n) is 4.07. The lowest BCUT2D eigenvalue weighted by Gasteiger charge is -2.13. The zero-order valence-electron chi connectivity index (χ0n) is 17.3. The number of halogens is 3. The molecule has 0 amide bonds. The van der Waals surface area contributed by atoms with Crippen molar-refractivity contribution in [3.8, 4) is 0 Å². The molecule has 2 aromatic rings. The van der Waals surface area contributed by atoms with Crippen LogP contribution in [0.15, 0.2) is 22.4 Å². The Labute approximate surface area is 183 Å². The number of rotatable bonds is 9. The number of anilines is 1. The molecule has 31 heavy (non-hydrogen) atoms. The molecule has 1 aromatic carbocycles. The molecule has 13 heteroatoms. The Hall–Kier alpha value is -2.41. The van der Waals surface area contributed by atoms with E-state index in [9.17, 15) is 22.2 Å². The highest BCUT2D eigenvalue weighted by atomic mass is 32.2. The lowest BCUT2D eigenvalue weighted by molar-refractivity contribution is -0.105. The van der Waals surface area contributed by atoms with Gasteiger partial charge >= 0.3 is 12.1 Å². The van der Waals surface area contributed by atoms with Crippen molar-refractivity contribution in [3.63, 3.8) is 0 Å². The van der Waals surface area contributed by atoms with E-state index in [1.165, 1.54) is 0 Å². The van der Waals surface area contributed by atoms with Gasteiger partial charge in [-0.15, -0.1) is 20.4 Å². The summed E-state index contributed by atoms with van der Waals surface area (Å²) in [4.78, 5) is 12.0. The van der Waals surface area contributed by atoms with Gasteiger partial charge in [-0.05, 0) is 49.9 Å². The summed E-state index contributed by atoms with van der Waals surface area (Å²) >= 11 is 0.867. The average Bonchev–Trinajstić information content (AvgIpc) is 3.15. The number of carbonyl (C=O) groups is 1. The quantitative estimate of drug-likeness (QED) is 0.384. The van der Waals surface area contributed by atoms with E-state index in [0.717, 1.165) is 22.5 Å². The summed E-state index contributed by atoms with van der Waals surface area (Å²) in [6, 6.07) is 3.21. The van der Waals surface area contributed by atoms with Gasteiger partial charge in [0.25, 0.3) is 5.13 Å². The van der Waals surface area contributed by atoms with Crippen molar-refractivity contribution in [3.05, 3.63) is 28.3 Å². The van der Waals surface area contributed by atoms with Crippen molar-refractivity contribution in [2.24, 2.45) is 10.2 Å². The highest BCUT2D eigenvalue weighted by molar-refractivity contribution is 7.86. The van der Waals surface area contributed by atoms with Crippen molar-refractivity contribution in [1.29, 1.82) is 0 Å². The highest BCUT2D eigenvalue weighted by Gasteiger charge is 2.31. The van der Waals surface area contributed by atoms with Crippen LogP contribution in [0.4, 0.5) is 29.7 Å². The van der Waals surface area contributed by atoms with Crippen LogP contribution < -0.4 is 4.72 Å². The summed E-state index contributed by atoms with van der Waals surface area (Å²) in [5.41, 5.74) is 2.04. The van der Waals surface area contributed by atoms with Gasteiger partial charge in [-0.2, -0.15) is 13.2 Å². The Balaban J connectivity index is 2.26. The number of esters is 1. The third kappa shape index (κ3) is 7.65. The minimum absolute atomic E-state index is 0.0111. The van der Waals surface area contributed by atoms with E-state index in [1.54, 1.807) is 26.0 Å². The van der Waals surface area contributed by atoms with Crippen molar-refractivity contribution >= 4 is 44.8 Å². The molecule has 2 unspecified atom stereocenters. The lowest BCUT2D eigenvalue weighted by Crippen LogP contribution is -2.22. The fourth-order valence-corrected chi connectivity index (χ4v) is 3.67. The fraction of sp³-hybridized carbons (Fsp3) is 0.500. The maximum absolute atomic E-state index is 12.5. The summed E-state index contributed by atoms with van der Waals surface area (Å²) in [6.07, 6.45) is -3.54. The van der Waals surface area contributed by atoms with Crippen LogP contribution in [0.5, 0.6) is 0 Å². The lowest BCUT2D eigenvalue weighted by atomic mass is 10.0. The summed E-state index contributed by atoms with van der Waals surface area (Å²) in [7, 11) is -2.39. The molecule has 0 aliphatic rings. The number of azo groups is 1. The first-order valence-electron chi connectivity index (χ1n) is 9.33. The monoisotopic (exact) mass is 477 g/mol. The number of benzene rings is 1. The first-order chi connectivity index (χ1) is 14.5. The van der Waals surface area contributed by atoms with Crippen LogP contribution in [0.2, 0.25) is 0 Å². The van der Waals surface area contributed by atoms with E-state index < -0.39 is 28.9 Å². The maximum Gasteiger partial charge on any atom is 0.402 e. The van der Waals surface area contributed by atoms with Gasteiger partial charge in [0.15, 0.2) is 0 Å². The number of nitrogens with zero attached hydrogens (tertiary/aromatic N) is 4. The van der Waals surface area contributed by atoms with Crippen LogP contribution >= 0.6 is 11.3 Å². The second-order valence-corrected chi connectivity index (χ2v) is 8.71. The van der Waals surface area contributed by atoms with E-state index in [1.807, 2.05) is 13.8 Å². The zero-order chi connectivity index (χ0) is 23.2.